The topological polar surface area (TPSA) is 39.1 Å². The number of hydrogen-bond donors (Lipinski definition) is 1. The molecule has 0 saturated heterocycles. The van der Waals surface area contributed by atoms with Gasteiger partial charge in [0.2, 0.25) is 5.88 Å². The lowest BCUT2D eigenvalue weighted by Crippen LogP contribution is -2.31. The highest BCUT2D eigenvalue weighted by molar-refractivity contribution is 5.30. The van der Waals surface area contributed by atoms with Crippen LogP contribution in [0.2, 0.25) is 0 Å². The molecule has 1 fully saturated rings. The molecule has 1 saturated carbocycles. The molecular weight excluding hydrogens is 226 g/mol. The Hall–Kier alpha value is -1.03. The average molecular weight is 251 g/mol. The predicted molar refractivity (Wildman–Crippen MR) is 72.8 cm³/mol. The zero-order valence-electron chi connectivity index (χ0n) is 12.0. The van der Waals surface area contributed by atoms with Crippen molar-refractivity contribution < 1.29 is 4.74 Å². The van der Waals surface area contributed by atoms with Crippen molar-refractivity contribution in [3.8, 4) is 5.88 Å². The maximum absolute atomic E-state index is 5.42. The minimum absolute atomic E-state index is 0.580. The van der Waals surface area contributed by atoms with Crippen LogP contribution in [0.4, 0.5) is 0 Å². The van der Waals surface area contributed by atoms with E-state index in [0.29, 0.717) is 6.04 Å². The monoisotopic (exact) mass is 251 g/mol. The van der Waals surface area contributed by atoms with Crippen LogP contribution in [-0.2, 0) is 13.6 Å². The minimum atomic E-state index is 0.580. The van der Waals surface area contributed by atoms with Crippen LogP contribution in [0.3, 0.4) is 0 Å². The highest BCUT2D eigenvalue weighted by atomic mass is 16.5. The Labute approximate surface area is 110 Å². The molecule has 0 bridgehead atoms. The largest absolute Gasteiger partial charge is 0.481 e. The standard InChI is InChI=1S/C14H25N3O/c1-10(12-7-5-6-8-12)15-9-13-11(2)16-17(3)14(13)18-4/h10,12,15H,5-9H2,1-4H3/t10-/m0/s1. The highest BCUT2D eigenvalue weighted by Crippen LogP contribution is 2.28. The molecule has 2 rings (SSSR count). The second-order valence-corrected chi connectivity index (χ2v) is 5.41. The lowest BCUT2D eigenvalue weighted by atomic mass is 9.99. The molecule has 0 radical (unpaired) electrons. The van der Waals surface area contributed by atoms with E-state index in [1.165, 1.54) is 31.2 Å². The third kappa shape index (κ3) is 2.69. The molecule has 0 spiro atoms. The molecule has 1 aromatic rings. The van der Waals surface area contributed by atoms with E-state index in [1.54, 1.807) is 7.11 Å². The van der Waals surface area contributed by atoms with Gasteiger partial charge in [0.1, 0.15) is 0 Å². The number of hydrogen-bond acceptors (Lipinski definition) is 3. The summed E-state index contributed by atoms with van der Waals surface area (Å²) in [4.78, 5) is 0. The normalized spacial score (nSPS) is 18.2. The summed E-state index contributed by atoms with van der Waals surface area (Å²) in [6, 6.07) is 0.580. The summed E-state index contributed by atoms with van der Waals surface area (Å²) < 4.78 is 7.23. The van der Waals surface area contributed by atoms with Gasteiger partial charge in [0, 0.05) is 19.6 Å². The van der Waals surface area contributed by atoms with Crippen LogP contribution in [0.25, 0.3) is 0 Å². The SMILES string of the molecule is COc1c(CN[C@@H](C)C2CCCC2)c(C)nn1C. The van der Waals surface area contributed by atoms with Crippen LogP contribution in [0.5, 0.6) is 5.88 Å². The Kier molecular flexibility index (Phi) is 4.27. The fourth-order valence-corrected chi connectivity index (χ4v) is 3.03. The van der Waals surface area contributed by atoms with Gasteiger partial charge in [-0.2, -0.15) is 5.10 Å². The number of rotatable bonds is 5. The van der Waals surface area contributed by atoms with E-state index in [-0.39, 0.29) is 0 Å². The van der Waals surface area contributed by atoms with Crippen molar-refractivity contribution in [3.05, 3.63) is 11.3 Å². The molecule has 1 heterocycles. The van der Waals surface area contributed by atoms with E-state index in [2.05, 4.69) is 17.3 Å². The quantitative estimate of drug-likeness (QED) is 0.873. The third-order valence-corrected chi connectivity index (χ3v) is 4.19. The molecule has 102 valence electrons. The van der Waals surface area contributed by atoms with Gasteiger partial charge in [-0.3, -0.25) is 0 Å². The van der Waals surface area contributed by atoms with Crippen LogP contribution < -0.4 is 10.1 Å². The van der Waals surface area contributed by atoms with E-state index in [9.17, 15) is 0 Å². The van der Waals surface area contributed by atoms with Crippen molar-refractivity contribution in [1.82, 2.24) is 15.1 Å². The maximum Gasteiger partial charge on any atom is 0.216 e. The first kappa shape index (κ1) is 13.4. The maximum atomic E-state index is 5.42. The van der Waals surface area contributed by atoms with Crippen molar-refractivity contribution in [2.24, 2.45) is 13.0 Å². The van der Waals surface area contributed by atoms with Crippen molar-refractivity contribution >= 4 is 0 Å². The van der Waals surface area contributed by atoms with Crippen LogP contribution in [0, 0.1) is 12.8 Å². The lowest BCUT2D eigenvalue weighted by Gasteiger charge is -2.20. The smallest absolute Gasteiger partial charge is 0.216 e. The van der Waals surface area contributed by atoms with Gasteiger partial charge in [0.15, 0.2) is 0 Å². The molecule has 18 heavy (non-hydrogen) atoms. The van der Waals surface area contributed by atoms with Gasteiger partial charge in [-0.1, -0.05) is 12.8 Å². The molecule has 4 heteroatoms. The van der Waals surface area contributed by atoms with E-state index in [1.807, 2.05) is 18.7 Å². The molecular formula is C14H25N3O. The number of methoxy groups -OCH3 is 1. The van der Waals surface area contributed by atoms with Crippen molar-refractivity contribution in [2.45, 2.75) is 52.1 Å². The lowest BCUT2D eigenvalue weighted by molar-refractivity contribution is 0.356. The van der Waals surface area contributed by atoms with Crippen LogP contribution in [0.15, 0.2) is 0 Å². The Morgan fingerprint density at radius 3 is 2.72 bits per heavy atom. The van der Waals surface area contributed by atoms with Crippen LogP contribution in [0.1, 0.15) is 43.9 Å². The van der Waals surface area contributed by atoms with E-state index < -0.39 is 0 Å². The first-order valence-electron chi connectivity index (χ1n) is 6.93. The van der Waals surface area contributed by atoms with Crippen molar-refractivity contribution in [2.75, 3.05) is 7.11 Å². The van der Waals surface area contributed by atoms with Gasteiger partial charge in [0.05, 0.1) is 18.4 Å². The van der Waals surface area contributed by atoms with E-state index in [0.717, 1.165) is 24.0 Å². The summed E-state index contributed by atoms with van der Waals surface area (Å²) in [7, 11) is 3.64. The van der Waals surface area contributed by atoms with Crippen LogP contribution in [-0.4, -0.2) is 22.9 Å². The molecule has 1 N–H and O–H groups in total. The Morgan fingerprint density at radius 2 is 2.11 bits per heavy atom. The summed E-state index contributed by atoms with van der Waals surface area (Å²) in [6.07, 6.45) is 5.53. The summed E-state index contributed by atoms with van der Waals surface area (Å²) in [5, 5.41) is 8.05. The average Bonchev–Trinajstić information content (AvgIpc) is 2.94. The van der Waals surface area contributed by atoms with Gasteiger partial charge in [-0.15, -0.1) is 0 Å². The van der Waals surface area contributed by atoms with Gasteiger partial charge in [-0.05, 0) is 32.6 Å². The van der Waals surface area contributed by atoms with Gasteiger partial charge in [0.25, 0.3) is 0 Å². The van der Waals surface area contributed by atoms with Gasteiger partial charge < -0.3 is 10.1 Å². The fraction of sp³-hybridized carbons (Fsp3) is 0.786. The second-order valence-electron chi connectivity index (χ2n) is 5.41. The Morgan fingerprint density at radius 1 is 1.44 bits per heavy atom. The first-order chi connectivity index (χ1) is 8.63. The Bertz CT molecular complexity index is 394. The zero-order chi connectivity index (χ0) is 13.1. The van der Waals surface area contributed by atoms with E-state index in [4.69, 9.17) is 4.74 Å². The van der Waals surface area contributed by atoms with E-state index >= 15 is 0 Å². The number of aryl methyl sites for hydroxylation is 2. The number of aromatic nitrogens is 2. The number of ether oxygens (including phenoxy) is 1. The summed E-state index contributed by atoms with van der Waals surface area (Å²) in [5.74, 6) is 1.71. The predicted octanol–water partition coefficient (Wildman–Crippen LogP) is 2.41. The zero-order valence-corrected chi connectivity index (χ0v) is 12.0. The van der Waals surface area contributed by atoms with Crippen molar-refractivity contribution in [1.29, 1.82) is 0 Å². The molecule has 1 aromatic heterocycles. The second kappa shape index (κ2) is 5.74. The van der Waals surface area contributed by atoms with Gasteiger partial charge in [-0.25, -0.2) is 4.68 Å². The summed E-state index contributed by atoms with van der Waals surface area (Å²) in [6.45, 7) is 5.19. The van der Waals surface area contributed by atoms with Crippen molar-refractivity contribution in [3.63, 3.8) is 0 Å². The summed E-state index contributed by atoms with van der Waals surface area (Å²) >= 11 is 0. The molecule has 0 amide bonds. The Balaban J connectivity index is 1.97. The van der Waals surface area contributed by atoms with Crippen LogP contribution >= 0.6 is 0 Å². The molecule has 4 nitrogen and oxygen atoms in total. The highest BCUT2D eigenvalue weighted by Gasteiger charge is 2.22. The molecule has 1 aliphatic carbocycles. The molecule has 0 aliphatic heterocycles. The van der Waals surface area contributed by atoms with Gasteiger partial charge >= 0.3 is 0 Å². The fourth-order valence-electron chi connectivity index (χ4n) is 3.03. The molecule has 0 unspecified atom stereocenters. The summed E-state index contributed by atoms with van der Waals surface area (Å²) in [5.41, 5.74) is 2.24. The molecule has 0 aromatic carbocycles. The number of nitrogens with zero attached hydrogens (tertiary/aromatic N) is 2. The molecule has 1 atom stereocenters. The third-order valence-electron chi connectivity index (χ3n) is 4.19. The molecule has 1 aliphatic rings. The first-order valence-corrected chi connectivity index (χ1v) is 6.93. The number of nitrogens with one attached hydrogen (secondary N) is 1. The minimum Gasteiger partial charge on any atom is -0.481 e.